The van der Waals surface area contributed by atoms with Gasteiger partial charge in [0.2, 0.25) is 0 Å². The Morgan fingerprint density at radius 3 is 2.88 bits per heavy atom. The van der Waals surface area contributed by atoms with Crippen LogP contribution in [0.5, 0.6) is 0 Å². The number of likely N-dealkylation sites (tertiary alicyclic amines) is 1. The Kier molecular flexibility index (Phi) is 3.69. The molecule has 2 N–H and O–H groups in total. The van der Waals surface area contributed by atoms with Gasteiger partial charge in [-0.3, -0.25) is 4.90 Å². The summed E-state index contributed by atoms with van der Waals surface area (Å²) in [6.45, 7) is 7.42. The zero-order chi connectivity index (χ0) is 11.7. The van der Waals surface area contributed by atoms with Crippen molar-refractivity contribution < 1.29 is 0 Å². The number of piperidine rings is 1. The van der Waals surface area contributed by atoms with Crippen LogP contribution in [0.2, 0.25) is 0 Å². The van der Waals surface area contributed by atoms with Gasteiger partial charge in [0.1, 0.15) is 0 Å². The second kappa shape index (κ2) is 5.25. The van der Waals surface area contributed by atoms with Crippen LogP contribution >= 0.6 is 0 Å². The summed E-state index contributed by atoms with van der Waals surface area (Å²) in [6, 6.07) is 2.46. The molecule has 3 unspecified atom stereocenters. The van der Waals surface area contributed by atoms with Gasteiger partial charge in [-0.1, -0.05) is 0 Å². The molecule has 1 aliphatic carbocycles. The molecule has 0 bridgehead atoms. The van der Waals surface area contributed by atoms with Gasteiger partial charge >= 0.3 is 0 Å². The summed E-state index contributed by atoms with van der Waals surface area (Å²) in [5.74, 6) is 0.904. The predicted octanol–water partition coefficient (Wildman–Crippen LogP) is 1.20. The lowest BCUT2D eigenvalue weighted by atomic mass is 9.93. The fraction of sp³-hybridized carbons (Fsp3) is 1.00. The molecule has 2 saturated heterocycles. The maximum atomic E-state index is 3.82. The van der Waals surface area contributed by atoms with E-state index in [0.29, 0.717) is 0 Å². The smallest absolute Gasteiger partial charge is 0.0207 e. The largest absolute Gasteiger partial charge is 0.314 e. The third-order valence-electron chi connectivity index (χ3n) is 4.71. The molecule has 3 fully saturated rings. The number of hydrogen-bond donors (Lipinski definition) is 2. The van der Waals surface area contributed by atoms with Crippen LogP contribution in [0.4, 0.5) is 0 Å². The van der Waals surface area contributed by atoms with E-state index in [1.807, 2.05) is 0 Å². The van der Waals surface area contributed by atoms with Gasteiger partial charge in [0.15, 0.2) is 0 Å². The van der Waals surface area contributed by atoms with Crippen LogP contribution in [-0.2, 0) is 0 Å². The Morgan fingerprint density at radius 2 is 2.12 bits per heavy atom. The van der Waals surface area contributed by atoms with Crippen LogP contribution < -0.4 is 10.6 Å². The maximum absolute atomic E-state index is 3.82. The monoisotopic (exact) mass is 237 g/mol. The molecule has 3 heteroatoms. The Bertz CT molecular complexity index is 252. The highest BCUT2D eigenvalue weighted by Crippen LogP contribution is 2.29. The van der Waals surface area contributed by atoms with Crippen LogP contribution in [0.15, 0.2) is 0 Å². The average Bonchev–Trinajstić information content (AvgIpc) is 3.07. The summed E-state index contributed by atoms with van der Waals surface area (Å²) in [5.41, 5.74) is 0. The molecule has 0 aromatic carbocycles. The zero-order valence-corrected chi connectivity index (χ0v) is 11.1. The Hall–Kier alpha value is -0.120. The lowest BCUT2D eigenvalue weighted by molar-refractivity contribution is 0.285. The van der Waals surface area contributed by atoms with Crippen molar-refractivity contribution in [2.45, 2.75) is 57.2 Å². The maximum Gasteiger partial charge on any atom is 0.0207 e. The number of rotatable bonds is 4. The van der Waals surface area contributed by atoms with Crippen molar-refractivity contribution in [3.63, 3.8) is 0 Å². The molecule has 17 heavy (non-hydrogen) atoms. The summed E-state index contributed by atoms with van der Waals surface area (Å²) in [6.07, 6.45) is 7.00. The molecule has 2 aliphatic heterocycles. The fourth-order valence-electron chi connectivity index (χ4n) is 3.48. The summed E-state index contributed by atoms with van der Waals surface area (Å²) in [5, 5.41) is 7.35. The predicted molar refractivity (Wildman–Crippen MR) is 71.2 cm³/mol. The van der Waals surface area contributed by atoms with E-state index in [-0.39, 0.29) is 0 Å². The highest BCUT2D eigenvalue weighted by atomic mass is 15.2. The molecule has 0 radical (unpaired) electrons. The van der Waals surface area contributed by atoms with Crippen LogP contribution in [0.1, 0.15) is 39.0 Å². The number of nitrogens with zero attached hydrogens (tertiary/aromatic N) is 1. The van der Waals surface area contributed by atoms with E-state index in [1.165, 1.54) is 58.3 Å². The van der Waals surface area contributed by atoms with Crippen molar-refractivity contribution in [2.75, 3.05) is 26.2 Å². The van der Waals surface area contributed by atoms with Crippen LogP contribution in [0.3, 0.4) is 0 Å². The van der Waals surface area contributed by atoms with Crippen molar-refractivity contribution in [2.24, 2.45) is 5.92 Å². The van der Waals surface area contributed by atoms with Crippen LogP contribution in [0.25, 0.3) is 0 Å². The molecule has 3 atom stereocenters. The first-order chi connectivity index (χ1) is 8.31. The normalized spacial score (nSPS) is 39.7. The van der Waals surface area contributed by atoms with Crippen molar-refractivity contribution in [3.8, 4) is 0 Å². The summed E-state index contributed by atoms with van der Waals surface area (Å²) < 4.78 is 0. The minimum Gasteiger partial charge on any atom is -0.314 e. The molecule has 1 saturated carbocycles. The molecule has 3 rings (SSSR count). The SMILES string of the molecule is CC1CC(CNC2CCN(C3CC3)C2)CCN1. The Labute approximate surface area is 105 Å². The van der Waals surface area contributed by atoms with Crippen molar-refractivity contribution in [3.05, 3.63) is 0 Å². The van der Waals surface area contributed by atoms with Gasteiger partial charge in [0.25, 0.3) is 0 Å². The topological polar surface area (TPSA) is 27.3 Å². The zero-order valence-electron chi connectivity index (χ0n) is 11.1. The highest BCUT2D eigenvalue weighted by molar-refractivity contribution is 4.92. The van der Waals surface area contributed by atoms with Gasteiger partial charge in [-0.05, 0) is 58.0 Å². The number of nitrogens with one attached hydrogen (secondary N) is 2. The molecule has 0 spiro atoms. The van der Waals surface area contributed by atoms with E-state index < -0.39 is 0 Å². The molecule has 3 nitrogen and oxygen atoms in total. The third kappa shape index (κ3) is 3.21. The molecular formula is C14H27N3. The van der Waals surface area contributed by atoms with Gasteiger partial charge in [-0.2, -0.15) is 0 Å². The van der Waals surface area contributed by atoms with E-state index in [4.69, 9.17) is 0 Å². The van der Waals surface area contributed by atoms with E-state index in [2.05, 4.69) is 22.5 Å². The summed E-state index contributed by atoms with van der Waals surface area (Å²) in [7, 11) is 0. The molecule has 0 amide bonds. The quantitative estimate of drug-likeness (QED) is 0.769. The third-order valence-corrected chi connectivity index (χ3v) is 4.71. The van der Waals surface area contributed by atoms with Crippen molar-refractivity contribution in [1.29, 1.82) is 0 Å². The van der Waals surface area contributed by atoms with E-state index >= 15 is 0 Å². The molecule has 2 heterocycles. The van der Waals surface area contributed by atoms with Gasteiger partial charge in [0, 0.05) is 31.2 Å². The first-order valence-corrected chi connectivity index (χ1v) is 7.52. The Morgan fingerprint density at radius 1 is 1.24 bits per heavy atom. The summed E-state index contributed by atoms with van der Waals surface area (Å²) >= 11 is 0. The van der Waals surface area contributed by atoms with E-state index in [1.54, 1.807) is 0 Å². The fourth-order valence-corrected chi connectivity index (χ4v) is 3.48. The molecule has 0 aromatic heterocycles. The number of hydrogen-bond acceptors (Lipinski definition) is 3. The van der Waals surface area contributed by atoms with Crippen molar-refractivity contribution >= 4 is 0 Å². The molecular weight excluding hydrogens is 210 g/mol. The molecule has 0 aromatic rings. The van der Waals surface area contributed by atoms with E-state index in [9.17, 15) is 0 Å². The Balaban J connectivity index is 1.36. The lowest BCUT2D eigenvalue weighted by Crippen LogP contribution is -2.42. The van der Waals surface area contributed by atoms with Crippen LogP contribution in [0, 0.1) is 5.92 Å². The minimum absolute atomic E-state index is 0.724. The van der Waals surface area contributed by atoms with Gasteiger partial charge in [0.05, 0.1) is 0 Å². The van der Waals surface area contributed by atoms with Gasteiger partial charge in [-0.15, -0.1) is 0 Å². The first-order valence-electron chi connectivity index (χ1n) is 7.52. The van der Waals surface area contributed by atoms with Crippen molar-refractivity contribution in [1.82, 2.24) is 15.5 Å². The standard InChI is InChI=1S/C14H27N3/c1-11-8-12(4-6-15-11)9-16-13-5-7-17(10-13)14-2-3-14/h11-16H,2-10H2,1H3. The lowest BCUT2D eigenvalue weighted by Gasteiger charge is -2.29. The molecule has 3 aliphatic rings. The minimum atomic E-state index is 0.724. The highest BCUT2D eigenvalue weighted by Gasteiger charge is 2.34. The van der Waals surface area contributed by atoms with Crippen LogP contribution in [-0.4, -0.2) is 49.2 Å². The second-order valence-electron chi connectivity index (χ2n) is 6.37. The molecule has 98 valence electrons. The average molecular weight is 237 g/mol. The summed E-state index contributed by atoms with van der Waals surface area (Å²) in [4.78, 5) is 2.70. The van der Waals surface area contributed by atoms with E-state index in [0.717, 1.165) is 24.0 Å². The first kappa shape index (κ1) is 11.9. The second-order valence-corrected chi connectivity index (χ2v) is 6.37. The van der Waals surface area contributed by atoms with Gasteiger partial charge < -0.3 is 10.6 Å². The van der Waals surface area contributed by atoms with Gasteiger partial charge in [-0.25, -0.2) is 0 Å².